The number of hydrogen-bond acceptors (Lipinski definition) is 4. The first-order valence-corrected chi connectivity index (χ1v) is 4.19. The molecular weight excluding hydrogens is 224 g/mol. The molecule has 0 aromatic carbocycles. The Morgan fingerprint density at radius 3 is 2.50 bits per heavy atom. The van der Waals surface area contributed by atoms with E-state index in [4.69, 9.17) is 0 Å². The number of pyridine rings is 1. The number of carbonyl (C=O) groups is 1. The average molecular weight is 233 g/mol. The van der Waals surface area contributed by atoms with Gasteiger partial charge in [0, 0.05) is 6.20 Å². The van der Waals surface area contributed by atoms with Crippen LogP contribution in [0.5, 0.6) is 5.75 Å². The van der Waals surface area contributed by atoms with Crippen molar-refractivity contribution in [3.8, 4) is 5.75 Å². The first kappa shape index (κ1) is 12.2. The van der Waals surface area contributed by atoms with E-state index in [-0.39, 0.29) is 5.56 Å². The molecule has 0 saturated carbocycles. The van der Waals surface area contributed by atoms with E-state index in [1.165, 1.54) is 0 Å². The fourth-order valence-corrected chi connectivity index (χ4v) is 1.15. The van der Waals surface area contributed by atoms with Crippen LogP contribution in [0.4, 0.5) is 8.78 Å². The molecule has 0 fully saturated rings. The van der Waals surface area contributed by atoms with Crippen molar-refractivity contribution in [1.29, 1.82) is 0 Å². The maximum atomic E-state index is 12.4. The van der Waals surface area contributed by atoms with Gasteiger partial charge in [0.05, 0.1) is 14.2 Å². The highest BCUT2D eigenvalue weighted by atomic mass is 19.3. The lowest BCUT2D eigenvalue weighted by molar-refractivity contribution is 0.0597. The number of H-pyrrole nitrogens is 1. The number of carbonyl (C=O) groups excluding carboxylic acids is 1. The van der Waals surface area contributed by atoms with Gasteiger partial charge in [-0.2, -0.15) is 0 Å². The van der Waals surface area contributed by atoms with Crippen LogP contribution in [0.25, 0.3) is 0 Å². The molecule has 0 radical (unpaired) electrons. The van der Waals surface area contributed by atoms with Crippen molar-refractivity contribution in [2.75, 3.05) is 14.2 Å². The number of halogens is 2. The quantitative estimate of drug-likeness (QED) is 0.794. The van der Waals surface area contributed by atoms with Crippen molar-refractivity contribution in [3.05, 3.63) is 27.7 Å². The molecule has 0 amide bonds. The van der Waals surface area contributed by atoms with Crippen LogP contribution in [0.1, 0.15) is 22.5 Å². The van der Waals surface area contributed by atoms with Crippen LogP contribution < -0.4 is 10.2 Å². The van der Waals surface area contributed by atoms with E-state index in [0.29, 0.717) is 0 Å². The summed E-state index contributed by atoms with van der Waals surface area (Å²) in [4.78, 5) is 24.8. The van der Waals surface area contributed by atoms with E-state index >= 15 is 0 Å². The molecule has 0 aliphatic carbocycles. The summed E-state index contributed by atoms with van der Waals surface area (Å²) in [5, 5.41) is 0. The molecule has 16 heavy (non-hydrogen) atoms. The largest absolute Gasteiger partial charge is 0.491 e. The molecule has 0 atom stereocenters. The summed E-state index contributed by atoms with van der Waals surface area (Å²) in [6, 6.07) is 0. The number of aromatic nitrogens is 1. The van der Waals surface area contributed by atoms with Gasteiger partial charge in [0.25, 0.3) is 6.43 Å². The first-order valence-electron chi connectivity index (χ1n) is 4.19. The Morgan fingerprint density at radius 2 is 2.06 bits per heavy atom. The van der Waals surface area contributed by atoms with Crippen molar-refractivity contribution in [2.45, 2.75) is 6.43 Å². The van der Waals surface area contributed by atoms with E-state index in [9.17, 15) is 18.4 Å². The highest BCUT2D eigenvalue weighted by Gasteiger charge is 2.22. The molecular formula is C9H9F2NO4. The molecule has 0 spiro atoms. The molecule has 0 saturated heterocycles. The number of hydrogen-bond donors (Lipinski definition) is 1. The second-order valence-electron chi connectivity index (χ2n) is 2.77. The molecule has 0 unspecified atom stereocenters. The summed E-state index contributed by atoms with van der Waals surface area (Å²) in [7, 11) is 2.15. The zero-order chi connectivity index (χ0) is 12.3. The molecule has 0 aliphatic heterocycles. The second-order valence-corrected chi connectivity index (χ2v) is 2.77. The molecule has 5 nitrogen and oxygen atoms in total. The van der Waals surface area contributed by atoms with Gasteiger partial charge in [0.1, 0.15) is 11.3 Å². The average Bonchev–Trinajstić information content (AvgIpc) is 2.27. The van der Waals surface area contributed by atoms with Crippen molar-refractivity contribution in [2.24, 2.45) is 0 Å². The number of ether oxygens (including phenoxy) is 2. The van der Waals surface area contributed by atoms with Crippen LogP contribution in [-0.2, 0) is 4.74 Å². The van der Waals surface area contributed by atoms with Gasteiger partial charge >= 0.3 is 5.97 Å². The minimum absolute atomic E-state index is 0.385. The first-order chi connectivity index (χ1) is 7.52. The van der Waals surface area contributed by atoms with Gasteiger partial charge in [-0.25, -0.2) is 13.6 Å². The lowest BCUT2D eigenvalue weighted by Crippen LogP contribution is -2.20. The maximum Gasteiger partial charge on any atom is 0.343 e. The van der Waals surface area contributed by atoms with Crippen LogP contribution in [0.3, 0.4) is 0 Å². The molecule has 1 aromatic rings. The lowest BCUT2D eigenvalue weighted by Gasteiger charge is -2.08. The third kappa shape index (κ3) is 2.02. The molecule has 1 N–H and O–H groups in total. The molecule has 1 aromatic heterocycles. The van der Waals surface area contributed by atoms with Gasteiger partial charge in [-0.1, -0.05) is 0 Å². The van der Waals surface area contributed by atoms with Crippen LogP contribution in [0.15, 0.2) is 11.0 Å². The predicted molar refractivity (Wildman–Crippen MR) is 49.9 cm³/mol. The number of rotatable bonds is 3. The standard InChI is InChI=1S/C9H9F2NO4/c1-15-7-5(8(10)11)12-3-4(6(7)13)9(14)16-2/h3,8H,1-2H3,(H,12,13). The highest BCUT2D eigenvalue weighted by Crippen LogP contribution is 2.23. The van der Waals surface area contributed by atoms with Gasteiger partial charge in [0.2, 0.25) is 5.43 Å². The zero-order valence-corrected chi connectivity index (χ0v) is 8.54. The Bertz CT molecular complexity index is 455. The summed E-state index contributed by atoms with van der Waals surface area (Å²) in [6.45, 7) is 0. The van der Waals surface area contributed by atoms with Crippen molar-refractivity contribution in [3.63, 3.8) is 0 Å². The lowest BCUT2D eigenvalue weighted by atomic mass is 10.2. The van der Waals surface area contributed by atoms with Gasteiger partial charge < -0.3 is 14.5 Å². The third-order valence-electron chi connectivity index (χ3n) is 1.90. The summed E-state index contributed by atoms with van der Waals surface area (Å²) >= 11 is 0. The molecule has 1 heterocycles. The summed E-state index contributed by atoms with van der Waals surface area (Å²) < 4.78 is 33.7. The van der Waals surface area contributed by atoms with Crippen LogP contribution in [0, 0.1) is 0 Å². The number of methoxy groups -OCH3 is 2. The predicted octanol–water partition coefficient (Wildman–Crippen LogP) is 1.11. The van der Waals surface area contributed by atoms with E-state index in [2.05, 4.69) is 14.5 Å². The summed E-state index contributed by atoms with van der Waals surface area (Å²) in [6.07, 6.45) is -2.02. The smallest absolute Gasteiger partial charge is 0.343 e. The van der Waals surface area contributed by atoms with Crippen molar-refractivity contribution >= 4 is 5.97 Å². The summed E-state index contributed by atoms with van der Waals surface area (Å²) in [5.41, 5.74) is -1.98. The normalized spacial score (nSPS) is 10.3. The fourth-order valence-electron chi connectivity index (χ4n) is 1.15. The van der Waals surface area contributed by atoms with E-state index in [1.54, 1.807) is 0 Å². The van der Waals surface area contributed by atoms with E-state index < -0.39 is 29.3 Å². The monoisotopic (exact) mass is 233 g/mol. The molecule has 0 bridgehead atoms. The Hall–Kier alpha value is -1.92. The van der Waals surface area contributed by atoms with E-state index in [1.807, 2.05) is 0 Å². The topological polar surface area (TPSA) is 68.4 Å². The number of alkyl halides is 2. The van der Waals surface area contributed by atoms with Gasteiger partial charge in [-0.05, 0) is 0 Å². The second kappa shape index (κ2) is 4.73. The fraction of sp³-hybridized carbons (Fsp3) is 0.333. The van der Waals surface area contributed by atoms with Gasteiger partial charge in [-0.15, -0.1) is 0 Å². The number of aromatic amines is 1. The van der Waals surface area contributed by atoms with Crippen LogP contribution >= 0.6 is 0 Å². The molecule has 88 valence electrons. The number of esters is 1. The number of nitrogens with one attached hydrogen (secondary N) is 1. The van der Waals surface area contributed by atoms with Crippen molar-refractivity contribution < 1.29 is 23.0 Å². The minimum atomic E-state index is -2.89. The van der Waals surface area contributed by atoms with Gasteiger partial charge in [0.15, 0.2) is 5.75 Å². The molecule has 1 rings (SSSR count). The Morgan fingerprint density at radius 1 is 1.44 bits per heavy atom. The van der Waals surface area contributed by atoms with Crippen LogP contribution in [0.2, 0.25) is 0 Å². The maximum absolute atomic E-state index is 12.4. The summed E-state index contributed by atoms with van der Waals surface area (Å²) in [5.74, 6) is -1.50. The SMILES string of the molecule is COC(=O)c1c[nH]c(C(F)F)c(OC)c1=O. The molecule has 0 aliphatic rings. The Labute approximate surface area is 89.0 Å². The minimum Gasteiger partial charge on any atom is -0.491 e. The Balaban J connectivity index is 3.41. The van der Waals surface area contributed by atoms with E-state index in [0.717, 1.165) is 20.4 Å². The zero-order valence-electron chi connectivity index (χ0n) is 8.54. The van der Waals surface area contributed by atoms with Gasteiger partial charge in [-0.3, -0.25) is 4.79 Å². The third-order valence-corrected chi connectivity index (χ3v) is 1.90. The highest BCUT2D eigenvalue weighted by molar-refractivity contribution is 5.89. The van der Waals surface area contributed by atoms with Crippen LogP contribution in [-0.4, -0.2) is 25.2 Å². The van der Waals surface area contributed by atoms with Crippen molar-refractivity contribution in [1.82, 2.24) is 4.98 Å². The molecule has 7 heteroatoms. The Kier molecular flexibility index (Phi) is 3.60.